The summed E-state index contributed by atoms with van der Waals surface area (Å²) >= 11 is 0. The van der Waals surface area contributed by atoms with E-state index in [1.54, 1.807) is 14.0 Å². The van der Waals surface area contributed by atoms with E-state index < -0.39 is 15.4 Å². The number of hydrogen-bond donors (Lipinski definition) is 1. The zero-order valence-corrected chi connectivity index (χ0v) is 13.5. The Morgan fingerprint density at radius 3 is 2.65 bits per heavy atom. The lowest BCUT2D eigenvalue weighted by molar-refractivity contribution is -0.150. The number of hydrogen-bond acceptors (Lipinski definition) is 6. The van der Waals surface area contributed by atoms with Crippen molar-refractivity contribution in [1.82, 2.24) is 10.2 Å². The Kier molecular flexibility index (Phi) is 6.42. The van der Waals surface area contributed by atoms with Crippen LogP contribution in [0.3, 0.4) is 0 Å². The van der Waals surface area contributed by atoms with Crippen molar-refractivity contribution in [2.45, 2.75) is 32.2 Å². The van der Waals surface area contributed by atoms with Crippen molar-refractivity contribution in [3.8, 4) is 0 Å². The van der Waals surface area contributed by atoms with Crippen LogP contribution >= 0.6 is 0 Å². The van der Waals surface area contributed by atoms with Gasteiger partial charge in [-0.05, 0) is 40.3 Å². The number of carbonyl (C=O) groups is 1. The lowest BCUT2D eigenvalue weighted by Gasteiger charge is -2.29. The molecule has 118 valence electrons. The molecule has 6 nitrogen and oxygen atoms in total. The maximum absolute atomic E-state index is 11.9. The van der Waals surface area contributed by atoms with Crippen molar-refractivity contribution in [3.63, 3.8) is 0 Å². The quantitative estimate of drug-likeness (QED) is 0.698. The van der Waals surface area contributed by atoms with Gasteiger partial charge >= 0.3 is 5.97 Å². The molecule has 1 heterocycles. The van der Waals surface area contributed by atoms with E-state index in [1.807, 2.05) is 6.92 Å². The van der Waals surface area contributed by atoms with Crippen LogP contribution in [-0.4, -0.2) is 69.6 Å². The number of likely N-dealkylation sites (N-methyl/N-ethyl adjacent to an activating group) is 1. The number of ether oxygens (including phenoxy) is 1. The van der Waals surface area contributed by atoms with Crippen molar-refractivity contribution in [2.24, 2.45) is 0 Å². The maximum Gasteiger partial charge on any atom is 0.326 e. The molecule has 1 saturated heterocycles. The van der Waals surface area contributed by atoms with Gasteiger partial charge in [0.1, 0.15) is 5.54 Å². The van der Waals surface area contributed by atoms with E-state index in [2.05, 4.69) is 10.2 Å². The van der Waals surface area contributed by atoms with Gasteiger partial charge in [0, 0.05) is 13.1 Å². The van der Waals surface area contributed by atoms with Gasteiger partial charge in [0.05, 0.1) is 18.1 Å². The van der Waals surface area contributed by atoms with Crippen molar-refractivity contribution >= 4 is 15.8 Å². The van der Waals surface area contributed by atoms with E-state index in [4.69, 9.17) is 4.74 Å². The van der Waals surface area contributed by atoms with Gasteiger partial charge in [0.15, 0.2) is 9.84 Å². The molecule has 1 aliphatic rings. The van der Waals surface area contributed by atoms with Crippen LogP contribution in [0.5, 0.6) is 0 Å². The summed E-state index contributed by atoms with van der Waals surface area (Å²) in [5.74, 6) is 0.220. The number of nitrogens with one attached hydrogen (secondary N) is 1. The van der Waals surface area contributed by atoms with Crippen LogP contribution in [0.1, 0.15) is 26.7 Å². The smallest absolute Gasteiger partial charge is 0.326 e. The normalized spacial score (nSPS) is 22.8. The molecule has 0 amide bonds. The van der Waals surface area contributed by atoms with Crippen LogP contribution < -0.4 is 5.32 Å². The number of carbonyl (C=O) groups excluding carboxylic acids is 1. The van der Waals surface area contributed by atoms with Gasteiger partial charge in [-0.15, -0.1) is 0 Å². The molecule has 0 bridgehead atoms. The zero-order valence-electron chi connectivity index (χ0n) is 12.6. The third-order valence-electron chi connectivity index (χ3n) is 3.85. The van der Waals surface area contributed by atoms with E-state index in [0.29, 0.717) is 32.5 Å². The van der Waals surface area contributed by atoms with Crippen LogP contribution in [0, 0.1) is 0 Å². The van der Waals surface area contributed by atoms with E-state index in [1.165, 1.54) is 0 Å². The monoisotopic (exact) mass is 306 g/mol. The van der Waals surface area contributed by atoms with Crippen LogP contribution in [0.15, 0.2) is 0 Å². The molecule has 1 unspecified atom stereocenters. The molecule has 20 heavy (non-hydrogen) atoms. The van der Waals surface area contributed by atoms with E-state index in [-0.39, 0.29) is 17.5 Å². The first-order valence-electron chi connectivity index (χ1n) is 7.12. The molecule has 0 spiro atoms. The van der Waals surface area contributed by atoms with Gasteiger partial charge < -0.3 is 15.0 Å². The Morgan fingerprint density at radius 2 is 2.05 bits per heavy atom. The van der Waals surface area contributed by atoms with Crippen molar-refractivity contribution in [3.05, 3.63) is 0 Å². The topological polar surface area (TPSA) is 75.7 Å². The van der Waals surface area contributed by atoms with Crippen LogP contribution in [0.25, 0.3) is 0 Å². The van der Waals surface area contributed by atoms with Gasteiger partial charge in [-0.1, -0.05) is 0 Å². The van der Waals surface area contributed by atoms with Crippen molar-refractivity contribution in [2.75, 3.05) is 44.8 Å². The minimum atomic E-state index is -2.89. The van der Waals surface area contributed by atoms with Gasteiger partial charge in [0.25, 0.3) is 0 Å². The fourth-order valence-corrected chi connectivity index (χ4v) is 3.52. The summed E-state index contributed by atoms with van der Waals surface area (Å²) in [6.07, 6.45) is 1.26. The highest BCUT2D eigenvalue weighted by Gasteiger charge is 2.33. The minimum Gasteiger partial charge on any atom is -0.465 e. The summed E-state index contributed by atoms with van der Waals surface area (Å²) in [5, 5.41) is 3.02. The number of esters is 1. The van der Waals surface area contributed by atoms with Gasteiger partial charge in [-0.2, -0.15) is 0 Å². The summed E-state index contributed by atoms with van der Waals surface area (Å²) in [4.78, 5) is 14.1. The lowest BCUT2D eigenvalue weighted by Crippen LogP contribution is -2.50. The molecule has 0 aromatic rings. The number of sulfone groups is 1. The predicted octanol–water partition coefficient (Wildman–Crippen LogP) is 0.0382. The molecule has 0 aromatic heterocycles. The summed E-state index contributed by atoms with van der Waals surface area (Å²) in [6, 6.07) is 0. The second-order valence-corrected chi connectivity index (χ2v) is 7.70. The largest absolute Gasteiger partial charge is 0.465 e. The van der Waals surface area contributed by atoms with Gasteiger partial charge in [-0.3, -0.25) is 4.79 Å². The molecular formula is C13H26N2O4S. The first kappa shape index (κ1) is 17.4. The molecular weight excluding hydrogens is 280 g/mol. The zero-order chi connectivity index (χ0) is 15.2. The molecule has 1 N–H and O–H groups in total. The van der Waals surface area contributed by atoms with E-state index >= 15 is 0 Å². The average Bonchev–Trinajstić information content (AvgIpc) is 2.57. The number of rotatable bonds is 6. The Hall–Kier alpha value is -0.660. The van der Waals surface area contributed by atoms with Crippen molar-refractivity contribution in [1.29, 1.82) is 0 Å². The lowest BCUT2D eigenvalue weighted by atomic mass is 9.98. The third-order valence-corrected chi connectivity index (χ3v) is 5.57. The molecule has 1 aliphatic heterocycles. The standard InChI is InChI=1S/C13H26N2O4S/c1-4-19-12(16)13(2,14-3)6-8-15-7-5-10-20(17,18)11-9-15/h14H,4-11H2,1-3H3. The highest BCUT2D eigenvalue weighted by molar-refractivity contribution is 7.91. The van der Waals surface area contributed by atoms with Crippen LogP contribution in [0.2, 0.25) is 0 Å². The summed E-state index contributed by atoms with van der Waals surface area (Å²) in [5.41, 5.74) is -0.721. The van der Waals surface area contributed by atoms with Crippen LogP contribution in [0.4, 0.5) is 0 Å². The molecule has 1 atom stereocenters. The Balaban J connectivity index is 2.54. The Labute approximate surface area is 121 Å². The summed E-state index contributed by atoms with van der Waals surface area (Å²) in [7, 11) is -1.15. The SMILES string of the molecule is CCOC(=O)C(C)(CCN1CCCS(=O)(=O)CC1)NC. The fraction of sp³-hybridized carbons (Fsp3) is 0.923. The maximum atomic E-state index is 11.9. The molecule has 7 heteroatoms. The minimum absolute atomic E-state index is 0.211. The third kappa shape index (κ3) is 5.03. The second-order valence-electron chi connectivity index (χ2n) is 5.40. The fourth-order valence-electron chi connectivity index (χ4n) is 2.21. The summed E-state index contributed by atoms with van der Waals surface area (Å²) < 4.78 is 28.2. The molecule has 0 aliphatic carbocycles. The Bertz CT molecular complexity index is 424. The molecule has 0 saturated carbocycles. The highest BCUT2D eigenvalue weighted by Crippen LogP contribution is 2.14. The Morgan fingerprint density at radius 1 is 1.35 bits per heavy atom. The van der Waals surface area contributed by atoms with Gasteiger partial charge in [0.2, 0.25) is 0 Å². The molecule has 0 aromatic carbocycles. The first-order valence-corrected chi connectivity index (χ1v) is 8.94. The second kappa shape index (κ2) is 7.38. The molecule has 1 fully saturated rings. The highest BCUT2D eigenvalue weighted by atomic mass is 32.2. The average molecular weight is 306 g/mol. The number of nitrogens with zero attached hydrogens (tertiary/aromatic N) is 1. The van der Waals surface area contributed by atoms with E-state index in [0.717, 1.165) is 6.54 Å². The predicted molar refractivity (Wildman–Crippen MR) is 78.4 cm³/mol. The van der Waals surface area contributed by atoms with Crippen LogP contribution in [-0.2, 0) is 19.4 Å². The molecule has 1 rings (SSSR count). The van der Waals surface area contributed by atoms with Gasteiger partial charge in [-0.25, -0.2) is 8.42 Å². The summed E-state index contributed by atoms with van der Waals surface area (Å²) in [6.45, 7) is 5.96. The molecule has 0 radical (unpaired) electrons. The van der Waals surface area contributed by atoms with E-state index in [9.17, 15) is 13.2 Å². The first-order chi connectivity index (χ1) is 9.33. The van der Waals surface area contributed by atoms with Crippen molar-refractivity contribution < 1.29 is 17.9 Å².